The number of amides is 1. The van der Waals surface area contributed by atoms with Gasteiger partial charge in [-0.15, -0.1) is 0 Å². The predicted octanol–water partition coefficient (Wildman–Crippen LogP) is 0.945. The molecule has 1 aliphatic heterocycles. The van der Waals surface area contributed by atoms with Crippen LogP contribution in [0.2, 0.25) is 0 Å². The molecule has 1 N–H and O–H groups in total. The van der Waals surface area contributed by atoms with Gasteiger partial charge in [-0.2, -0.15) is 4.31 Å². The van der Waals surface area contributed by atoms with Gasteiger partial charge >= 0.3 is 0 Å². The lowest BCUT2D eigenvalue weighted by molar-refractivity contribution is 0.0729. The van der Waals surface area contributed by atoms with Crippen LogP contribution in [0, 0.1) is 0 Å². The van der Waals surface area contributed by atoms with E-state index in [1.54, 1.807) is 31.3 Å². The zero-order valence-electron chi connectivity index (χ0n) is 17.9. The van der Waals surface area contributed by atoms with Crippen LogP contribution in [0.1, 0.15) is 23.2 Å². The summed E-state index contributed by atoms with van der Waals surface area (Å²) in [4.78, 5) is 34.3. The summed E-state index contributed by atoms with van der Waals surface area (Å²) in [5.74, 6) is 0.00788. The van der Waals surface area contributed by atoms with Gasteiger partial charge in [0.15, 0.2) is 0 Å². The van der Waals surface area contributed by atoms with Gasteiger partial charge in [-0.25, -0.2) is 13.4 Å². The smallest absolute Gasteiger partial charge is 0.270 e. The number of fused-ring (bicyclic) bond motifs is 1. The number of aromatic nitrogens is 3. The highest BCUT2D eigenvalue weighted by molar-refractivity contribution is 7.89. The third-order valence-corrected chi connectivity index (χ3v) is 7.34. The van der Waals surface area contributed by atoms with Crippen LogP contribution in [-0.2, 0) is 28.4 Å². The van der Waals surface area contributed by atoms with Gasteiger partial charge in [-0.05, 0) is 25.1 Å². The quantitative estimate of drug-likeness (QED) is 0.586. The van der Waals surface area contributed by atoms with Crippen molar-refractivity contribution in [1.29, 1.82) is 0 Å². The lowest BCUT2D eigenvalue weighted by Crippen LogP contribution is -2.40. The Labute approximate surface area is 185 Å². The molecular weight excluding hydrogens is 434 g/mol. The number of sulfonamides is 1. The zero-order chi connectivity index (χ0) is 22.9. The largest absolute Gasteiger partial charge is 0.379 e. The molecule has 11 heteroatoms. The first-order valence-corrected chi connectivity index (χ1v) is 11.8. The molecule has 0 spiro atoms. The van der Waals surface area contributed by atoms with Crippen molar-refractivity contribution >= 4 is 26.8 Å². The van der Waals surface area contributed by atoms with Gasteiger partial charge in [0.25, 0.3) is 11.5 Å². The Balaban J connectivity index is 1.60. The number of carbonyl (C=O) groups is 1. The summed E-state index contributed by atoms with van der Waals surface area (Å²) in [6, 6.07) is 8.38. The fourth-order valence-electron chi connectivity index (χ4n) is 3.70. The van der Waals surface area contributed by atoms with Crippen LogP contribution in [0.4, 0.5) is 0 Å². The SMILES string of the molecule is CCN(Cc1nc2ccccc2c(=O)[nH]1)C(=O)c1cc(S(=O)(=O)N2CCOCC2)cn1C. The van der Waals surface area contributed by atoms with Crippen molar-refractivity contribution in [3.05, 3.63) is 58.4 Å². The highest BCUT2D eigenvalue weighted by Crippen LogP contribution is 2.21. The first-order valence-electron chi connectivity index (χ1n) is 10.3. The molecule has 1 aromatic carbocycles. The van der Waals surface area contributed by atoms with Crippen LogP contribution in [-0.4, -0.2) is 70.9 Å². The monoisotopic (exact) mass is 459 g/mol. The van der Waals surface area contributed by atoms with Gasteiger partial charge in [0, 0.05) is 32.9 Å². The van der Waals surface area contributed by atoms with Crippen LogP contribution in [0.3, 0.4) is 0 Å². The minimum absolute atomic E-state index is 0.0681. The summed E-state index contributed by atoms with van der Waals surface area (Å²) in [5, 5.41) is 0.478. The molecule has 4 rings (SSSR count). The fraction of sp³-hybridized carbons (Fsp3) is 0.381. The second kappa shape index (κ2) is 8.85. The lowest BCUT2D eigenvalue weighted by atomic mass is 10.2. The predicted molar refractivity (Wildman–Crippen MR) is 118 cm³/mol. The molecule has 1 fully saturated rings. The van der Waals surface area contributed by atoms with Crippen LogP contribution < -0.4 is 5.56 Å². The molecule has 3 heterocycles. The number of aryl methyl sites for hydroxylation is 1. The van der Waals surface area contributed by atoms with Gasteiger partial charge in [-0.1, -0.05) is 12.1 Å². The second-order valence-corrected chi connectivity index (χ2v) is 9.48. The molecule has 1 aliphatic rings. The van der Waals surface area contributed by atoms with Gasteiger partial charge in [0.05, 0.1) is 30.7 Å². The van der Waals surface area contributed by atoms with Crippen molar-refractivity contribution in [1.82, 2.24) is 23.7 Å². The van der Waals surface area contributed by atoms with Gasteiger partial charge in [0.2, 0.25) is 10.0 Å². The summed E-state index contributed by atoms with van der Waals surface area (Å²) in [6.07, 6.45) is 1.45. The van der Waals surface area contributed by atoms with Gasteiger partial charge in [-0.3, -0.25) is 9.59 Å². The number of rotatable bonds is 6. The zero-order valence-corrected chi connectivity index (χ0v) is 18.8. The van der Waals surface area contributed by atoms with Crippen LogP contribution in [0.5, 0.6) is 0 Å². The van der Waals surface area contributed by atoms with E-state index in [1.807, 2.05) is 6.92 Å². The Kier molecular flexibility index (Phi) is 6.13. The van der Waals surface area contributed by atoms with Crippen LogP contribution in [0.15, 0.2) is 46.2 Å². The number of hydrogen-bond acceptors (Lipinski definition) is 6. The molecule has 0 radical (unpaired) electrons. The van der Waals surface area contributed by atoms with E-state index in [-0.39, 0.29) is 41.7 Å². The van der Waals surface area contributed by atoms with Crippen molar-refractivity contribution in [2.24, 2.45) is 7.05 Å². The summed E-state index contributed by atoms with van der Waals surface area (Å²) >= 11 is 0. The van der Waals surface area contributed by atoms with E-state index in [0.29, 0.717) is 36.5 Å². The molecule has 0 atom stereocenters. The van der Waals surface area contributed by atoms with Gasteiger partial charge < -0.3 is 19.2 Å². The molecule has 0 unspecified atom stereocenters. The van der Waals surface area contributed by atoms with Crippen molar-refractivity contribution in [2.45, 2.75) is 18.4 Å². The molecule has 10 nitrogen and oxygen atoms in total. The van der Waals surface area contributed by atoms with E-state index in [9.17, 15) is 18.0 Å². The van der Waals surface area contributed by atoms with Crippen molar-refractivity contribution in [3.63, 3.8) is 0 Å². The van der Waals surface area contributed by atoms with E-state index in [2.05, 4.69) is 9.97 Å². The third-order valence-electron chi connectivity index (χ3n) is 5.48. The number of nitrogens with one attached hydrogen (secondary N) is 1. The number of hydrogen-bond donors (Lipinski definition) is 1. The number of ether oxygens (including phenoxy) is 1. The Hall–Kier alpha value is -3.02. The molecule has 170 valence electrons. The normalized spacial score (nSPS) is 15.2. The second-order valence-electron chi connectivity index (χ2n) is 7.54. The fourth-order valence-corrected chi connectivity index (χ4v) is 5.18. The highest BCUT2D eigenvalue weighted by atomic mass is 32.2. The van der Waals surface area contributed by atoms with Crippen molar-refractivity contribution in [2.75, 3.05) is 32.8 Å². The summed E-state index contributed by atoms with van der Waals surface area (Å²) in [6.45, 7) is 3.51. The molecule has 32 heavy (non-hydrogen) atoms. The van der Waals surface area contributed by atoms with E-state index >= 15 is 0 Å². The Morgan fingerprint density at radius 3 is 2.69 bits per heavy atom. The number of benzene rings is 1. The maximum Gasteiger partial charge on any atom is 0.270 e. The molecule has 2 aromatic heterocycles. The number of H-pyrrole nitrogens is 1. The average Bonchev–Trinajstić information content (AvgIpc) is 3.20. The van der Waals surface area contributed by atoms with Crippen molar-refractivity contribution < 1.29 is 17.9 Å². The molecule has 0 saturated carbocycles. The molecule has 0 bridgehead atoms. The number of aromatic amines is 1. The Bertz CT molecular complexity index is 1310. The minimum atomic E-state index is -3.72. The molecule has 1 amide bonds. The highest BCUT2D eigenvalue weighted by Gasteiger charge is 2.29. The number of para-hydroxylation sites is 1. The van der Waals surface area contributed by atoms with E-state index in [0.717, 1.165) is 0 Å². The average molecular weight is 460 g/mol. The van der Waals surface area contributed by atoms with Crippen molar-refractivity contribution in [3.8, 4) is 0 Å². The van der Waals surface area contributed by atoms with Crippen LogP contribution in [0.25, 0.3) is 10.9 Å². The van der Waals surface area contributed by atoms with Gasteiger partial charge in [0.1, 0.15) is 16.4 Å². The topological polar surface area (TPSA) is 118 Å². The standard InChI is InChI=1S/C21H25N5O5S/c1-3-25(14-19-22-17-7-5-4-6-16(17)20(27)23-19)21(28)18-12-15(13-24(18)2)32(29,30)26-8-10-31-11-9-26/h4-7,12-13H,3,8-11,14H2,1-2H3,(H,22,23,27). The lowest BCUT2D eigenvalue weighted by Gasteiger charge is -2.25. The first-order chi connectivity index (χ1) is 15.3. The van der Waals surface area contributed by atoms with E-state index in [4.69, 9.17) is 4.74 Å². The maximum atomic E-state index is 13.2. The minimum Gasteiger partial charge on any atom is -0.379 e. The number of carbonyl (C=O) groups excluding carboxylic acids is 1. The molecule has 3 aromatic rings. The third kappa shape index (κ3) is 4.18. The molecular formula is C21H25N5O5S. The molecule has 0 aliphatic carbocycles. The van der Waals surface area contributed by atoms with E-state index in [1.165, 1.54) is 26.0 Å². The Morgan fingerprint density at radius 2 is 1.97 bits per heavy atom. The summed E-state index contributed by atoms with van der Waals surface area (Å²) < 4.78 is 34.0. The number of nitrogens with zero attached hydrogens (tertiary/aromatic N) is 4. The number of morpholine rings is 1. The first kappa shape index (κ1) is 22.2. The summed E-state index contributed by atoms with van der Waals surface area (Å²) in [7, 11) is -2.08. The Morgan fingerprint density at radius 1 is 1.25 bits per heavy atom. The van der Waals surface area contributed by atoms with Crippen LogP contribution >= 0.6 is 0 Å². The van der Waals surface area contributed by atoms with E-state index < -0.39 is 10.0 Å². The molecule has 1 saturated heterocycles. The maximum absolute atomic E-state index is 13.2. The summed E-state index contributed by atoms with van der Waals surface area (Å²) in [5.41, 5.74) is 0.515.